The lowest BCUT2D eigenvalue weighted by atomic mass is 9.93. The van der Waals surface area contributed by atoms with Crippen LogP contribution in [0.1, 0.15) is 61.9 Å². The smallest absolute Gasteiger partial charge is 0.146 e. The van der Waals surface area contributed by atoms with E-state index in [0.29, 0.717) is 5.92 Å². The molecule has 0 spiro atoms. The van der Waals surface area contributed by atoms with E-state index in [9.17, 15) is 0 Å². The van der Waals surface area contributed by atoms with E-state index in [1.165, 1.54) is 56.2 Å². The van der Waals surface area contributed by atoms with Crippen LogP contribution in [0.3, 0.4) is 0 Å². The van der Waals surface area contributed by atoms with Crippen molar-refractivity contribution < 1.29 is 4.74 Å². The Morgan fingerprint density at radius 3 is 2.82 bits per heavy atom. The van der Waals surface area contributed by atoms with E-state index < -0.39 is 0 Å². The maximum Gasteiger partial charge on any atom is 0.146 e. The zero-order chi connectivity index (χ0) is 19.2. The van der Waals surface area contributed by atoms with E-state index in [0.717, 1.165) is 35.7 Å². The van der Waals surface area contributed by atoms with Crippen LogP contribution in [-0.4, -0.2) is 22.8 Å². The minimum Gasteiger partial charge on any atom is -0.494 e. The number of nitrogens with one attached hydrogen (secondary N) is 2. The number of nitrogens with zero attached hydrogens (tertiary/aromatic N) is 1. The van der Waals surface area contributed by atoms with Crippen molar-refractivity contribution in [1.29, 1.82) is 0 Å². The minimum atomic E-state index is 0.527. The second-order valence-electron chi connectivity index (χ2n) is 7.98. The summed E-state index contributed by atoms with van der Waals surface area (Å²) in [4.78, 5) is 11.6. The van der Waals surface area contributed by atoms with Crippen molar-refractivity contribution in [3.8, 4) is 0 Å². The first kappa shape index (κ1) is 18.9. The Morgan fingerprint density at radius 1 is 1.07 bits per heavy atom. The van der Waals surface area contributed by atoms with Crippen LogP contribution in [0.2, 0.25) is 0 Å². The molecule has 3 heterocycles. The second-order valence-corrected chi connectivity index (χ2v) is 7.98. The Morgan fingerprint density at radius 2 is 1.96 bits per heavy atom. The molecule has 2 N–H and O–H groups in total. The third-order valence-corrected chi connectivity index (χ3v) is 5.88. The normalized spacial score (nSPS) is 22.8. The van der Waals surface area contributed by atoms with E-state index in [2.05, 4.69) is 28.3 Å². The number of rotatable bonds is 3. The maximum absolute atomic E-state index is 5.63. The lowest BCUT2D eigenvalue weighted by Crippen LogP contribution is -2.02. The number of fused-ring (bicyclic) bond motifs is 2. The Hall–Kier alpha value is -2.49. The molecule has 0 amide bonds. The summed E-state index contributed by atoms with van der Waals surface area (Å²) >= 11 is 0. The second kappa shape index (κ2) is 9.13. The number of aromatic amines is 2. The van der Waals surface area contributed by atoms with Gasteiger partial charge in [-0.3, -0.25) is 0 Å². The molecule has 0 radical (unpaired) electrons. The molecule has 4 heteroatoms. The van der Waals surface area contributed by atoms with Gasteiger partial charge in [0, 0.05) is 24.2 Å². The van der Waals surface area contributed by atoms with Gasteiger partial charge in [0.1, 0.15) is 11.5 Å². The molecular weight excluding hydrogens is 346 g/mol. The number of hydrogen-bond donors (Lipinski definition) is 2. The van der Waals surface area contributed by atoms with Gasteiger partial charge in [-0.05, 0) is 61.8 Å². The van der Waals surface area contributed by atoms with Crippen LogP contribution in [0.4, 0.5) is 0 Å². The van der Waals surface area contributed by atoms with Crippen molar-refractivity contribution in [2.24, 2.45) is 10.9 Å². The van der Waals surface area contributed by atoms with Gasteiger partial charge in [-0.25, -0.2) is 4.99 Å². The van der Waals surface area contributed by atoms with E-state index in [1.54, 1.807) is 7.11 Å². The third-order valence-electron chi connectivity index (χ3n) is 5.88. The first-order valence-electron chi connectivity index (χ1n) is 10.7. The molecule has 4 nitrogen and oxygen atoms in total. The van der Waals surface area contributed by atoms with Crippen LogP contribution in [0.5, 0.6) is 0 Å². The van der Waals surface area contributed by atoms with Crippen molar-refractivity contribution >= 4 is 5.71 Å². The summed E-state index contributed by atoms with van der Waals surface area (Å²) < 4.78 is 5.63. The van der Waals surface area contributed by atoms with Crippen LogP contribution in [0.15, 0.2) is 59.2 Å². The number of ether oxygens (including phenoxy) is 1. The van der Waals surface area contributed by atoms with Crippen molar-refractivity contribution in [3.63, 3.8) is 0 Å². The molecule has 0 saturated heterocycles. The monoisotopic (exact) mass is 377 g/mol. The molecule has 4 rings (SSSR count). The van der Waals surface area contributed by atoms with Gasteiger partial charge in [0.05, 0.1) is 18.5 Å². The Bertz CT molecular complexity index is 854. The topological polar surface area (TPSA) is 53.2 Å². The first-order chi connectivity index (χ1) is 13.8. The molecular formula is C24H31N3O. The summed E-state index contributed by atoms with van der Waals surface area (Å²) in [5.41, 5.74) is 5.80. The van der Waals surface area contributed by atoms with Gasteiger partial charge in [-0.15, -0.1) is 0 Å². The molecule has 28 heavy (non-hydrogen) atoms. The van der Waals surface area contributed by atoms with Gasteiger partial charge in [-0.1, -0.05) is 31.8 Å². The summed E-state index contributed by atoms with van der Waals surface area (Å²) in [5, 5.41) is 0. The summed E-state index contributed by atoms with van der Waals surface area (Å²) in [6.07, 6.45) is 19.8. The molecule has 0 fully saturated rings. The fourth-order valence-electron chi connectivity index (χ4n) is 4.25. The summed E-state index contributed by atoms with van der Waals surface area (Å²) in [6.45, 7) is 0. The van der Waals surface area contributed by atoms with Crippen LogP contribution >= 0.6 is 0 Å². The van der Waals surface area contributed by atoms with Gasteiger partial charge in [0.2, 0.25) is 0 Å². The lowest BCUT2D eigenvalue weighted by Gasteiger charge is -2.14. The largest absolute Gasteiger partial charge is 0.494 e. The average Bonchev–Trinajstić information content (AvgIpc) is 3.45. The number of aliphatic imine (C=N–C) groups is 1. The van der Waals surface area contributed by atoms with Gasteiger partial charge in [-0.2, -0.15) is 0 Å². The minimum absolute atomic E-state index is 0.527. The molecule has 2 aromatic heterocycles. The fourth-order valence-corrected chi connectivity index (χ4v) is 4.25. The zero-order valence-electron chi connectivity index (χ0n) is 16.8. The van der Waals surface area contributed by atoms with E-state index in [-0.39, 0.29) is 0 Å². The van der Waals surface area contributed by atoms with Gasteiger partial charge in [0.15, 0.2) is 0 Å². The number of allylic oxidation sites excluding steroid dienone is 2. The van der Waals surface area contributed by atoms with E-state index in [1.807, 2.05) is 24.4 Å². The third kappa shape index (κ3) is 4.67. The summed E-state index contributed by atoms with van der Waals surface area (Å²) in [6, 6.07) is 6.41. The predicted molar refractivity (Wildman–Crippen MR) is 115 cm³/mol. The summed E-state index contributed by atoms with van der Waals surface area (Å²) in [7, 11) is 1.73. The van der Waals surface area contributed by atoms with Crippen molar-refractivity contribution in [2.75, 3.05) is 7.11 Å². The predicted octanol–water partition coefficient (Wildman–Crippen LogP) is 5.71. The molecule has 1 atom stereocenters. The van der Waals surface area contributed by atoms with Crippen LogP contribution in [-0.2, 0) is 17.6 Å². The average molecular weight is 378 g/mol. The van der Waals surface area contributed by atoms with E-state index in [4.69, 9.17) is 9.73 Å². The molecule has 2 aliphatic rings. The number of aryl methyl sites for hydroxylation is 2. The Kier molecular flexibility index (Phi) is 6.15. The quantitative estimate of drug-likeness (QED) is 0.708. The van der Waals surface area contributed by atoms with Gasteiger partial charge in [0.25, 0.3) is 0 Å². The summed E-state index contributed by atoms with van der Waals surface area (Å²) in [5.74, 6) is 1.40. The number of H-pyrrole nitrogens is 2. The molecule has 2 aromatic rings. The van der Waals surface area contributed by atoms with Gasteiger partial charge < -0.3 is 14.7 Å². The highest BCUT2D eigenvalue weighted by Gasteiger charge is 2.19. The Labute approximate surface area is 167 Å². The van der Waals surface area contributed by atoms with Crippen molar-refractivity contribution in [3.05, 3.63) is 71.2 Å². The molecule has 2 bridgehead atoms. The van der Waals surface area contributed by atoms with Gasteiger partial charge >= 0.3 is 0 Å². The van der Waals surface area contributed by atoms with Crippen molar-refractivity contribution in [2.45, 2.75) is 57.8 Å². The molecule has 148 valence electrons. The highest BCUT2D eigenvalue weighted by Crippen LogP contribution is 2.28. The molecule has 0 saturated carbocycles. The number of hydrogen-bond acceptors (Lipinski definition) is 2. The molecule has 0 aromatic carbocycles. The standard InChI is InChI=1S/C24H31N3O/c1-28-24-16-22(21-10-7-13-25-21)27-23(24)15-18-8-5-3-2-4-6-9-20-14-19(12-11-18)17-26-20/h7,10,13-18,25-26H,2-6,8-9,11-12H2,1H3/b23-15+. The zero-order valence-corrected chi connectivity index (χ0v) is 16.8. The highest BCUT2D eigenvalue weighted by atomic mass is 16.5. The molecule has 1 aliphatic carbocycles. The molecule has 1 unspecified atom stereocenters. The van der Waals surface area contributed by atoms with Crippen molar-refractivity contribution in [1.82, 2.24) is 9.97 Å². The van der Waals surface area contributed by atoms with Crippen LogP contribution < -0.4 is 0 Å². The van der Waals surface area contributed by atoms with E-state index >= 15 is 0 Å². The SMILES string of the molecule is COC1=CC(c2ccc[nH]2)=N/C1=C/C1CCCCCCCc2cc(c[nH]2)CC1. The number of aromatic nitrogens is 2. The molecule has 1 aliphatic heterocycles. The Balaban J connectivity index is 1.52. The first-order valence-corrected chi connectivity index (χ1v) is 10.7. The number of methoxy groups -OCH3 is 1. The van der Waals surface area contributed by atoms with Crippen LogP contribution in [0, 0.1) is 5.92 Å². The maximum atomic E-state index is 5.63. The fraction of sp³-hybridized carbons (Fsp3) is 0.458. The lowest BCUT2D eigenvalue weighted by molar-refractivity contribution is 0.301. The van der Waals surface area contributed by atoms with Crippen LogP contribution in [0.25, 0.3) is 0 Å². The highest BCUT2D eigenvalue weighted by molar-refractivity contribution is 6.10.